The molecule has 0 spiro atoms. The fraction of sp³-hybridized carbons (Fsp3) is 0.269. The lowest BCUT2D eigenvalue weighted by Crippen LogP contribution is -2.44. The average Bonchev–Trinajstić information content (AvgIpc) is 3.47. The average molecular weight is 520 g/mol. The van der Waals surface area contributed by atoms with E-state index in [2.05, 4.69) is 20.7 Å². The third kappa shape index (κ3) is 5.05. The van der Waals surface area contributed by atoms with Crippen molar-refractivity contribution in [3.05, 3.63) is 88.1 Å². The molecule has 1 aliphatic heterocycles. The Morgan fingerprint density at radius 1 is 1.19 bits per heavy atom. The van der Waals surface area contributed by atoms with Crippen molar-refractivity contribution in [2.75, 3.05) is 6.54 Å². The first kappa shape index (κ1) is 24.5. The van der Waals surface area contributed by atoms with Gasteiger partial charge in [-0.1, -0.05) is 29.8 Å². The number of amides is 3. The number of hydrogen-bond donors (Lipinski definition) is 2. The lowest BCUT2D eigenvalue weighted by molar-refractivity contribution is -0.137. The highest BCUT2D eigenvalue weighted by molar-refractivity contribution is 6.30. The topological polar surface area (TPSA) is 114 Å². The van der Waals surface area contributed by atoms with Gasteiger partial charge in [0.25, 0.3) is 5.91 Å². The lowest BCUT2D eigenvalue weighted by Gasteiger charge is -2.31. The normalized spacial score (nSPS) is 13.8. The Morgan fingerprint density at radius 3 is 2.81 bits per heavy atom. The molecule has 3 aromatic heterocycles. The minimum absolute atomic E-state index is 0.211. The first-order valence-electron chi connectivity index (χ1n) is 11.9. The SMILES string of the molecule is CC(=O)N[C@@H](C(=O)N1CCc2nn(C)c(C(=O)NCc3ccc4nccn4c3)c2C1)c1cccc(Cl)c1. The highest BCUT2D eigenvalue weighted by atomic mass is 35.5. The zero-order valence-electron chi connectivity index (χ0n) is 20.4. The number of hydrogen-bond acceptors (Lipinski definition) is 5. The summed E-state index contributed by atoms with van der Waals surface area (Å²) in [6, 6.07) is 9.79. The molecule has 0 saturated heterocycles. The fourth-order valence-electron chi connectivity index (χ4n) is 4.67. The Balaban J connectivity index is 1.35. The number of carbonyl (C=O) groups excluding carboxylic acids is 3. The van der Waals surface area contributed by atoms with E-state index < -0.39 is 6.04 Å². The van der Waals surface area contributed by atoms with Gasteiger partial charge in [-0.05, 0) is 29.3 Å². The van der Waals surface area contributed by atoms with Gasteiger partial charge in [0, 0.05) is 69.2 Å². The Hall–Kier alpha value is -4.18. The Morgan fingerprint density at radius 2 is 2.03 bits per heavy atom. The number of fused-ring (bicyclic) bond motifs is 2. The van der Waals surface area contributed by atoms with Gasteiger partial charge >= 0.3 is 0 Å². The van der Waals surface area contributed by atoms with Gasteiger partial charge in [0.1, 0.15) is 17.4 Å². The summed E-state index contributed by atoms with van der Waals surface area (Å²) in [5.41, 5.74) is 4.25. The molecule has 5 rings (SSSR count). The number of nitrogens with one attached hydrogen (secondary N) is 2. The minimum atomic E-state index is -0.884. The lowest BCUT2D eigenvalue weighted by atomic mass is 10.0. The molecule has 0 unspecified atom stereocenters. The van der Waals surface area contributed by atoms with Crippen molar-refractivity contribution in [3.63, 3.8) is 0 Å². The zero-order valence-corrected chi connectivity index (χ0v) is 21.2. The van der Waals surface area contributed by atoms with Crippen molar-refractivity contribution in [3.8, 4) is 0 Å². The molecule has 190 valence electrons. The maximum absolute atomic E-state index is 13.6. The Kier molecular flexibility index (Phi) is 6.66. The maximum atomic E-state index is 13.6. The first-order chi connectivity index (χ1) is 17.8. The highest BCUT2D eigenvalue weighted by Gasteiger charge is 2.33. The second-order valence-electron chi connectivity index (χ2n) is 9.01. The summed E-state index contributed by atoms with van der Waals surface area (Å²) in [5.74, 6) is -0.872. The summed E-state index contributed by atoms with van der Waals surface area (Å²) in [6.45, 7) is 2.33. The summed E-state index contributed by atoms with van der Waals surface area (Å²) >= 11 is 6.14. The molecular weight excluding hydrogens is 494 g/mol. The van der Waals surface area contributed by atoms with Crippen LogP contribution in [0.25, 0.3) is 5.65 Å². The van der Waals surface area contributed by atoms with E-state index in [1.165, 1.54) is 6.92 Å². The molecule has 0 fully saturated rings. The summed E-state index contributed by atoms with van der Waals surface area (Å²) in [7, 11) is 1.73. The molecule has 11 heteroatoms. The van der Waals surface area contributed by atoms with E-state index in [1.54, 1.807) is 47.1 Å². The molecule has 37 heavy (non-hydrogen) atoms. The van der Waals surface area contributed by atoms with Gasteiger partial charge in [-0.2, -0.15) is 5.10 Å². The fourth-order valence-corrected chi connectivity index (χ4v) is 4.87. The van der Waals surface area contributed by atoms with Crippen molar-refractivity contribution in [1.29, 1.82) is 0 Å². The second-order valence-corrected chi connectivity index (χ2v) is 9.44. The summed E-state index contributed by atoms with van der Waals surface area (Å²) < 4.78 is 3.46. The Labute approximate surface area is 218 Å². The van der Waals surface area contributed by atoms with E-state index >= 15 is 0 Å². The molecular formula is C26H26ClN7O3. The third-order valence-electron chi connectivity index (χ3n) is 6.40. The van der Waals surface area contributed by atoms with E-state index in [0.29, 0.717) is 41.4 Å². The molecule has 0 saturated carbocycles. The number of halogens is 1. The van der Waals surface area contributed by atoms with Crippen LogP contribution in [0.1, 0.15) is 45.8 Å². The molecule has 2 N–H and O–H groups in total. The molecule has 4 heterocycles. The van der Waals surface area contributed by atoms with E-state index in [9.17, 15) is 14.4 Å². The Bertz CT molecular complexity index is 1510. The van der Waals surface area contributed by atoms with Gasteiger partial charge in [-0.3, -0.25) is 19.1 Å². The minimum Gasteiger partial charge on any atom is -0.347 e. The van der Waals surface area contributed by atoms with Crippen molar-refractivity contribution in [2.24, 2.45) is 7.05 Å². The highest BCUT2D eigenvalue weighted by Crippen LogP contribution is 2.26. The number of rotatable bonds is 6. The van der Waals surface area contributed by atoms with Crippen LogP contribution in [0.3, 0.4) is 0 Å². The summed E-state index contributed by atoms with van der Waals surface area (Å²) in [4.78, 5) is 44.6. The molecule has 0 bridgehead atoms. The number of aromatic nitrogens is 4. The third-order valence-corrected chi connectivity index (χ3v) is 6.64. The smallest absolute Gasteiger partial charge is 0.270 e. The first-order valence-corrected chi connectivity index (χ1v) is 12.2. The van der Waals surface area contributed by atoms with Crippen LogP contribution in [0.4, 0.5) is 0 Å². The molecule has 1 aliphatic rings. The molecule has 0 aliphatic carbocycles. The molecule has 10 nitrogen and oxygen atoms in total. The second kappa shape index (κ2) is 10.1. The number of benzene rings is 1. The van der Waals surface area contributed by atoms with Gasteiger partial charge in [-0.25, -0.2) is 4.98 Å². The standard InChI is InChI=1S/C26H26ClN7O3/c1-16(35)30-23(18-4-3-5-19(27)12-18)26(37)34-10-8-21-20(15-34)24(32(2)31-21)25(36)29-13-17-6-7-22-28-9-11-33(22)14-17/h3-7,9,11-12,14,23H,8,10,13,15H2,1-2H3,(H,29,36)(H,30,35)/t23-/m1/s1. The van der Waals surface area contributed by atoms with Crippen LogP contribution in [0, 0.1) is 0 Å². The van der Waals surface area contributed by atoms with Crippen molar-refractivity contribution < 1.29 is 14.4 Å². The van der Waals surface area contributed by atoms with Gasteiger partial charge in [0.05, 0.1) is 5.69 Å². The van der Waals surface area contributed by atoms with Gasteiger partial charge in [-0.15, -0.1) is 0 Å². The quantitative estimate of drug-likeness (QED) is 0.406. The van der Waals surface area contributed by atoms with Crippen molar-refractivity contribution in [2.45, 2.75) is 32.5 Å². The van der Waals surface area contributed by atoms with E-state index in [1.807, 2.05) is 28.9 Å². The van der Waals surface area contributed by atoms with Gasteiger partial charge in [0.15, 0.2) is 0 Å². The predicted octanol–water partition coefficient (Wildman–Crippen LogP) is 2.41. The zero-order chi connectivity index (χ0) is 26.1. The van der Waals surface area contributed by atoms with Crippen LogP contribution in [0.2, 0.25) is 5.02 Å². The number of pyridine rings is 1. The van der Waals surface area contributed by atoms with Crippen molar-refractivity contribution >= 4 is 35.0 Å². The monoisotopic (exact) mass is 519 g/mol. The number of nitrogens with zero attached hydrogens (tertiary/aromatic N) is 5. The molecule has 4 aromatic rings. The molecule has 0 radical (unpaired) electrons. The summed E-state index contributed by atoms with van der Waals surface area (Å²) in [5, 5.41) is 10.7. The van der Waals surface area contributed by atoms with Crippen LogP contribution in [0.5, 0.6) is 0 Å². The molecule has 3 amide bonds. The number of carbonyl (C=O) groups is 3. The summed E-state index contributed by atoms with van der Waals surface area (Å²) in [6.07, 6.45) is 5.98. The number of aryl methyl sites for hydroxylation is 1. The van der Waals surface area contributed by atoms with Gasteiger partial charge < -0.3 is 19.9 Å². The van der Waals surface area contributed by atoms with E-state index in [-0.39, 0.29) is 24.3 Å². The van der Waals surface area contributed by atoms with Crippen LogP contribution in [-0.4, -0.2) is 48.3 Å². The maximum Gasteiger partial charge on any atom is 0.270 e. The predicted molar refractivity (Wildman–Crippen MR) is 137 cm³/mol. The van der Waals surface area contributed by atoms with Gasteiger partial charge in [0.2, 0.25) is 11.8 Å². The van der Waals surface area contributed by atoms with Crippen LogP contribution >= 0.6 is 11.6 Å². The molecule has 1 atom stereocenters. The van der Waals surface area contributed by atoms with E-state index in [0.717, 1.165) is 16.9 Å². The number of imidazole rings is 1. The molecule has 1 aromatic carbocycles. The van der Waals surface area contributed by atoms with Crippen LogP contribution in [0.15, 0.2) is 55.0 Å². The van der Waals surface area contributed by atoms with Crippen LogP contribution in [-0.2, 0) is 36.1 Å². The largest absolute Gasteiger partial charge is 0.347 e. The van der Waals surface area contributed by atoms with E-state index in [4.69, 9.17) is 11.6 Å². The van der Waals surface area contributed by atoms with Crippen LogP contribution < -0.4 is 10.6 Å². The van der Waals surface area contributed by atoms with Crippen molar-refractivity contribution in [1.82, 2.24) is 34.7 Å².